The maximum absolute atomic E-state index is 12.9. The van der Waals surface area contributed by atoms with Crippen LogP contribution in [0.25, 0.3) is 11.3 Å². The number of halogens is 1. The van der Waals surface area contributed by atoms with Crippen LogP contribution >= 0.6 is 11.3 Å². The predicted octanol–water partition coefficient (Wildman–Crippen LogP) is 4.93. The molecule has 1 saturated carbocycles. The van der Waals surface area contributed by atoms with Gasteiger partial charge in [-0.1, -0.05) is 6.92 Å². The van der Waals surface area contributed by atoms with E-state index in [1.54, 1.807) is 12.1 Å². The third-order valence-corrected chi connectivity index (χ3v) is 4.45. The Hall–Kier alpha value is -1.75. The molecule has 0 radical (unpaired) electrons. The molecule has 1 fully saturated rings. The fraction of sp³-hybridized carbons (Fsp3) is 0.375. The van der Waals surface area contributed by atoms with Crippen LogP contribution in [0.2, 0.25) is 0 Å². The smallest absolute Gasteiger partial charge is 0.203 e. The Morgan fingerprint density at radius 1 is 1.33 bits per heavy atom. The van der Waals surface area contributed by atoms with Crippen molar-refractivity contribution < 1.29 is 4.39 Å². The second kappa shape index (κ2) is 6.35. The fourth-order valence-electron chi connectivity index (χ4n) is 2.57. The summed E-state index contributed by atoms with van der Waals surface area (Å²) in [5.41, 5.74) is 6.05. The van der Waals surface area contributed by atoms with Gasteiger partial charge in [0.15, 0.2) is 0 Å². The molecule has 0 aliphatic heterocycles. The first-order chi connectivity index (χ1) is 10.2. The molecule has 1 aliphatic rings. The predicted molar refractivity (Wildman–Crippen MR) is 86.2 cm³/mol. The molecule has 1 aromatic heterocycles. The van der Waals surface area contributed by atoms with E-state index in [2.05, 4.69) is 22.4 Å². The van der Waals surface area contributed by atoms with Gasteiger partial charge in [0.1, 0.15) is 5.82 Å². The number of benzene rings is 1. The summed E-state index contributed by atoms with van der Waals surface area (Å²) in [5.74, 6) is 0.496. The molecular formula is C16H18FN3S. The van der Waals surface area contributed by atoms with Crippen molar-refractivity contribution in [1.29, 1.82) is 0 Å². The normalized spacial score (nSPS) is 20.7. The minimum absolute atomic E-state index is 0.231. The van der Waals surface area contributed by atoms with E-state index < -0.39 is 0 Å². The average Bonchev–Trinajstić information content (AvgIpc) is 2.95. The molecule has 21 heavy (non-hydrogen) atoms. The number of thiazole rings is 1. The van der Waals surface area contributed by atoms with Gasteiger partial charge in [0, 0.05) is 16.7 Å². The molecule has 0 unspecified atom stereocenters. The summed E-state index contributed by atoms with van der Waals surface area (Å²) in [6.45, 7) is 2.27. The largest absolute Gasteiger partial charge is 0.253 e. The second-order valence-electron chi connectivity index (χ2n) is 5.54. The van der Waals surface area contributed by atoms with Crippen molar-refractivity contribution in [3.8, 4) is 11.3 Å². The van der Waals surface area contributed by atoms with E-state index in [0.29, 0.717) is 0 Å². The van der Waals surface area contributed by atoms with Crippen molar-refractivity contribution in [2.45, 2.75) is 32.6 Å². The van der Waals surface area contributed by atoms with Crippen LogP contribution in [0.3, 0.4) is 0 Å². The van der Waals surface area contributed by atoms with E-state index in [4.69, 9.17) is 0 Å². The molecule has 1 heterocycles. The Bertz CT molecular complexity index is 633. The summed E-state index contributed by atoms with van der Waals surface area (Å²) in [6.07, 6.45) is 4.67. The zero-order valence-electron chi connectivity index (χ0n) is 12.0. The molecule has 3 rings (SSSR count). The van der Waals surface area contributed by atoms with Crippen LogP contribution in [-0.4, -0.2) is 10.7 Å². The molecule has 3 nitrogen and oxygen atoms in total. The van der Waals surface area contributed by atoms with Crippen LogP contribution in [0.4, 0.5) is 9.52 Å². The van der Waals surface area contributed by atoms with Crippen LogP contribution < -0.4 is 5.43 Å². The number of hydrazone groups is 1. The summed E-state index contributed by atoms with van der Waals surface area (Å²) in [7, 11) is 0. The number of nitrogens with zero attached hydrogens (tertiary/aromatic N) is 2. The van der Waals surface area contributed by atoms with E-state index in [-0.39, 0.29) is 5.82 Å². The van der Waals surface area contributed by atoms with Crippen LogP contribution in [0.15, 0.2) is 34.7 Å². The first-order valence-electron chi connectivity index (χ1n) is 7.23. The summed E-state index contributed by atoms with van der Waals surface area (Å²) in [6, 6.07) is 6.38. The molecule has 5 heteroatoms. The highest BCUT2D eigenvalue weighted by Gasteiger charge is 2.14. The average molecular weight is 303 g/mol. The minimum Gasteiger partial charge on any atom is -0.253 e. The highest BCUT2D eigenvalue weighted by molar-refractivity contribution is 7.14. The summed E-state index contributed by atoms with van der Waals surface area (Å²) < 4.78 is 12.9. The number of hydrogen-bond acceptors (Lipinski definition) is 4. The molecule has 110 valence electrons. The lowest BCUT2D eigenvalue weighted by molar-refractivity contribution is 0.500. The van der Waals surface area contributed by atoms with Gasteiger partial charge in [-0.05, 0) is 55.9 Å². The summed E-state index contributed by atoms with van der Waals surface area (Å²) in [5, 5.41) is 7.21. The first kappa shape index (κ1) is 14.2. The Kier molecular flexibility index (Phi) is 4.29. The first-order valence-corrected chi connectivity index (χ1v) is 8.11. The van der Waals surface area contributed by atoms with Crippen LogP contribution in [0.1, 0.15) is 32.6 Å². The molecule has 1 aromatic carbocycles. The highest BCUT2D eigenvalue weighted by Crippen LogP contribution is 2.26. The van der Waals surface area contributed by atoms with Crippen LogP contribution in [-0.2, 0) is 0 Å². The van der Waals surface area contributed by atoms with E-state index in [1.165, 1.54) is 42.0 Å². The van der Waals surface area contributed by atoms with E-state index >= 15 is 0 Å². The maximum Gasteiger partial charge on any atom is 0.203 e. The fourth-order valence-corrected chi connectivity index (χ4v) is 3.23. The Morgan fingerprint density at radius 3 is 2.90 bits per heavy atom. The molecule has 0 spiro atoms. The van der Waals surface area contributed by atoms with E-state index in [9.17, 15) is 4.39 Å². The Morgan fingerprint density at radius 2 is 2.14 bits per heavy atom. The van der Waals surface area contributed by atoms with Gasteiger partial charge in [-0.25, -0.2) is 9.37 Å². The summed E-state index contributed by atoms with van der Waals surface area (Å²) in [4.78, 5) is 4.49. The van der Waals surface area contributed by atoms with Gasteiger partial charge in [-0.3, -0.25) is 5.43 Å². The SMILES string of the molecule is C[C@@H]1CCC/C(=N\Nc2nc(-c3ccc(F)cc3)cs2)C1. The lowest BCUT2D eigenvalue weighted by atomic mass is 9.89. The lowest BCUT2D eigenvalue weighted by Gasteiger charge is -2.18. The van der Waals surface area contributed by atoms with Crippen LogP contribution in [0, 0.1) is 11.7 Å². The number of rotatable bonds is 3. The van der Waals surface area contributed by atoms with Crippen molar-refractivity contribution in [2.75, 3.05) is 5.43 Å². The van der Waals surface area contributed by atoms with E-state index in [0.717, 1.165) is 35.1 Å². The molecule has 1 aliphatic carbocycles. The van der Waals surface area contributed by atoms with Crippen molar-refractivity contribution in [3.63, 3.8) is 0 Å². The topological polar surface area (TPSA) is 37.3 Å². The van der Waals surface area contributed by atoms with Crippen molar-refractivity contribution in [2.24, 2.45) is 11.0 Å². The molecule has 1 atom stereocenters. The Balaban J connectivity index is 1.67. The molecule has 1 N–H and O–H groups in total. The highest BCUT2D eigenvalue weighted by atomic mass is 32.1. The van der Waals surface area contributed by atoms with Gasteiger partial charge in [0.05, 0.1) is 5.69 Å². The zero-order chi connectivity index (χ0) is 14.7. The number of aromatic nitrogens is 1. The monoisotopic (exact) mass is 303 g/mol. The van der Waals surface area contributed by atoms with Crippen molar-refractivity contribution in [1.82, 2.24) is 4.98 Å². The van der Waals surface area contributed by atoms with Gasteiger partial charge < -0.3 is 0 Å². The van der Waals surface area contributed by atoms with Gasteiger partial charge in [-0.15, -0.1) is 11.3 Å². The van der Waals surface area contributed by atoms with Crippen molar-refractivity contribution in [3.05, 3.63) is 35.5 Å². The van der Waals surface area contributed by atoms with Gasteiger partial charge in [0.25, 0.3) is 0 Å². The molecular weight excluding hydrogens is 285 g/mol. The van der Waals surface area contributed by atoms with Gasteiger partial charge >= 0.3 is 0 Å². The quantitative estimate of drug-likeness (QED) is 0.817. The zero-order valence-corrected chi connectivity index (χ0v) is 12.8. The van der Waals surface area contributed by atoms with Crippen LogP contribution in [0.5, 0.6) is 0 Å². The number of nitrogens with one attached hydrogen (secondary N) is 1. The molecule has 2 aromatic rings. The van der Waals surface area contributed by atoms with Gasteiger partial charge in [0.2, 0.25) is 5.13 Å². The van der Waals surface area contributed by atoms with Gasteiger partial charge in [-0.2, -0.15) is 5.10 Å². The maximum atomic E-state index is 12.9. The number of anilines is 1. The second-order valence-corrected chi connectivity index (χ2v) is 6.39. The van der Waals surface area contributed by atoms with Crippen molar-refractivity contribution >= 4 is 22.2 Å². The lowest BCUT2D eigenvalue weighted by Crippen LogP contribution is -2.13. The third-order valence-electron chi connectivity index (χ3n) is 3.70. The number of hydrogen-bond donors (Lipinski definition) is 1. The molecule has 0 amide bonds. The summed E-state index contributed by atoms with van der Waals surface area (Å²) >= 11 is 1.51. The third kappa shape index (κ3) is 3.67. The molecule has 0 bridgehead atoms. The minimum atomic E-state index is -0.231. The standard InChI is InChI=1S/C16H18FN3S/c1-11-3-2-4-14(9-11)19-20-16-18-15(10-21-16)12-5-7-13(17)8-6-12/h5-8,10-11H,2-4,9H2,1H3,(H,18,20)/b19-14+/t11-/m1/s1. The Labute approximate surface area is 127 Å². The van der Waals surface area contributed by atoms with E-state index in [1.807, 2.05) is 5.38 Å². The molecule has 0 saturated heterocycles.